The average molecular weight is 446 g/mol. The van der Waals surface area contributed by atoms with Gasteiger partial charge in [0.25, 0.3) is 5.91 Å². The van der Waals surface area contributed by atoms with E-state index in [-0.39, 0.29) is 18.1 Å². The fraction of sp³-hybridized carbons (Fsp3) is 0.714. The predicted molar refractivity (Wildman–Crippen MR) is 104 cm³/mol. The molecule has 4 rings (SSSR count). The Balaban J connectivity index is 0.000000339. The second-order valence-electron chi connectivity index (χ2n) is 8.46. The van der Waals surface area contributed by atoms with Crippen molar-refractivity contribution in [3.8, 4) is 0 Å². The van der Waals surface area contributed by atoms with Gasteiger partial charge in [-0.3, -0.25) is 9.69 Å². The number of rotatable bonds is 3. The average Bonchev–Trinajstić information content (AvgIpc) is 3.38. The van der Waals surface area contributed by atoms with E-state index in [4.69, 9.17) is 19.1 Å². The Hall–Kier alpha value is -2.07. The molecule has 10 heteroatoms. The third kappa shape index (κ3) is 6.22. The molecule has 0 saturated carbocycles. The van der Waals surface area contributed by atoms with E-state index in [0.717, 1.165) is 70.0 Å². The van der Waals surface area contributed by atoms with Crippen LogP contribution in [0.1, 0.15) is 44.8 Å². The van der Waals surface area contributed by atoms with Crippen LogP contribution in [0, 0.1) is 5.92 Å². The molecule has 0 spiro atoms. The van der Waals surface area contributed by atoms with Gasteiger partial charge in [-0.05, 0) is 50.2 Å². The van der Waals surface area contributed by atoms with E-state index in [1.165, 1.54) is 0 Å². The summed E-state index contributed by atoms with van der Waals surface area (Å²) in [4.78, 5) is 26.1. The van der Waals surface area contributed by atoms with Gasteiger partial charge >= 0.3 is 12.1 Å². The number of likely N-dealkylation sites (tertiary alicyclic amines) is 2. The topological polar surface area (TPSA) is 83.2 Å². The number of amides is 1. The monoisotopic (exact) mass is 446 g/mol. The normalized spacial score (nSPS) is 27.4. The van der Waals surface area contributed by atoms with Crippen molar-refractivity contribution in [3.05, 3.63) is 24.2 Å². The van der Waals surface area contributed by atoms with E-state index < -0.39 is 12.1 Å². The van der Waals surface area contributed by atoms with Gasteiger partial charge in [-0.1, -0.05) is 6.92 Å². The smallest absolute Gasteiger partial charge is 0.475 e. The zero-order chi connectivity index (χ0) is 22.6. The first-order chi connectivity index (χ1) is 14.6. The third-order valence-corrected chi connectivity index (χ3v) is 6.21. The molecule has 3 aliphatic rings. The molecule has 1 N–H and O–H groups in total. The molecule has 0 unspecified atom stereocenters. The lowest BCUT2D eigenvalue weighted by atomic mass is 9.96. The molecule has 1 aromatic rings. The molecule has 4 heterocycles. The molecule has 1 amide bonds. The summed E-state index contributed by atoms with van der Waals surface area (Å²) in [5, 5.41) is 7.12. The molecule has 174 valence electrons. The first-order valence-corrected chi connectivity index (χ1v) is 10.7. The number of hydrogen-bond donors (Lipinski definition) is 1. The highest BCUT2D eigenvalue weighted by Crippen LogP contribution is 2.33. The number of carboxylic acid groups (broad SMARTS) is 1. The zero-order valence-electron chi connectivity index (χ0n) is 17.5. The summed E-state index contributed by atoms with van der Waals surface area (Å²) in [6, 6.07) is 4.40. The van der Waals surface area contributed by atoms with E-state index in [0.29, 0.717) is 6.04 Å². The summed E-state index contributed by atoms with van der Waals surface area (Å²) in [7, 11) is 0. The van der Waals surface area contributed by atoms with Gasteiger partial charge in [0.05, 0.1) is 18.9 Å². The first-order valence-electron chi connectivity index (χ1n) is 10.7. The SMILES string of the molecule is CC1CCN(C(=O)[C@H]2CC[C@@H]3[C@@H](CCN3Cc3ccco3)O2)CC1.O=C(O)C(F)(F)F. The minimum absolute atomic E-state index is 0.200. The molecule has 1 aromatic heterocycles. The highest BCUT2D eigenvalue weighted by atomic mass is 19.4. The molecule has 3 atom stereocenters. The van der Waals surface area contributed by atoms with E-state index in [1.54, 1.807) is 6.26 Å². The molecule has 0 bridgehead atoms. The first kappa shape index (κ1) is 23.6. The standard InChI is InChI=1S/C19H28N2O3.C2HF3O2/c1-14-6-9-20(10-7-14)19(22)18-5-4-16-17(24-18)8-11-21(16)13-15-3-2-12-23-15;3-2(4,5)1(6)7/h2-3,12,14,16-18H,4-11,13H2,1H3;(H,6,7)/t16-,17-,18-;/m1./s1. The maximum absolute atomic E-state index is 12.8. The third-order valence-electron chi connectivity index (χ3n) is 6.21. The van der Waals surface area contributed by atoms with Gasteiger partial charge in [0.1, 0.15) is 11.9 Å². The van der Waals surface area contributed by atoms with Crippen molar-refractivity contribution in [2.24, 2.45) is 5.92 Å². The van der Waals surface area contributed by atoms with Gasteiger partial charge in [-0.15, -0.1) is 0 Å². The number of furan rings is 1. The minimum Gasteiger partial charge on any atom is -0.475 e. The molecule has 31 heavy (non-hydrogen) atoms. The van der Waals surface area contributed by atoms with E-state index in [1.807, 2.05) is 17.0 Å². The number of hydrogen-bond acceptors (Lipinski definition) is 5. The molecule has 0 aromatic carbocycles. The van der Waals surface area contributed by atoms with Crippen molar-refractivity contribution >= 4 is 11.9 Å². The summed E-state index contributed by atoms with van der Waals surface area (Å²) in [6.45, 7) is 5.95. The van der Waals surface area contributed by atoms with Gasteiger partial charge < -0.3 is 19.2 Å². The Morgan fingerprint density at radius 3 is 2.39 bits per heavy atom. The number of ether oxygens (including phenoxy) is 1. The van der Waals surface area contributed by atoms with Gasteiger partial charge in [0.2, 0.25) is 0 Å². The molecular formula is C21H29F3N2O5. The molecule has 3 saturated heterocycles. The van der Waals surface area contributed by atoms with Crippen LogP contribution in [0.3, 0.4) is 0 Å². The molecule has 0 radical (unpaired) electrons. The van der Waals surface area contributed by atoms with Gasteiger partial charge in [0, 0.05) is 25.7 Å². The molecule has 0 aliphatic carbocycles. The number of aliphatic carboxylic acids is 1. The van der Waals surface area contributed by atoms with E-state index >= 15 is 0 Å². The van der Waals surface area contributed by atoms with Crippen LogP contribution in [0.4, 0.5) is 13.2 Å². The molecule has 3 aliphatic heterocycles. The molecule has 3 fully saturated rings. The largest absolute Gasteiger partial charge is 0.490 e. The van der Waals surface area contributed by atoms with E-state index in [2.05, 4.69) is 11.8 Å². The summed E-state index contributed by atoms with van der Waals surface area (Å²) in [6.07, 6.45) is 1.80. The Kier molecular flexibility index (Phi) is 7.64. The number of nitrogens with zero attached hydrogens (tertiary/aromatic N) is 2. The minimum atomic E-state index is -5.08. The van der Waals surface area contributed by atoms with Crippen molar-refractivity contribution in [3.63, 3.8) is 0 Å². The lowest BCUT2D eigenvalue weighted by molar-refractivity contribution is -0.192. The van der Waals surface area contributed by atoms with Gasteiger partial charge in [-0.2, -0.15) is 13.2 Å². The van der Waals surface area contributed by atoms with Crippen LogP contribution in [0.2, 0.25) is 0 Å². The quantitative estimate of drug-likeness (QED) is 0.767. The summed E-state index contributed by atoms with van der Waals surface area (Å²) in [5.41, 5.74) is 0. The van der Waals surface area contributed by atoms with E-state index in [9.17, 15) is 18.0 Å². The maximum Gasteiger partial charge on any atom is 0.490 e. The van der Waals surface area contributed by atoms with Crippen LogP contribution in [-0.4, -0.2) is 70.8 Å². The summed E-state index contributed by atoms with van der Waals surface area (Å²) < 4.78 is 43.5. The fourth-order valence-electron chi connectivity index (χ4n) is 4.43. The molecule has 7 nitrogen and oxygen atoms in total. The Morgan fingerprint density at radius 2 is 1.81 bits per heavy atom. The van der Waals surface area contributed by atoms with Crippen molar-refractivity contribution < 1.29 is 37.0 Å². The van der Waals surface area contributed by atoms with Crippen LogP contribution < -0.4 is 0 Å². The van der Waals surface area contributed by atoms with Crippen molar-refractivity contribution in [1.82, 2.24) is 9.80 Å². The highest BCUT2D eigenvalue weighted by molar-refractivity contribution is 5.81. The lowest BCUT2D eigenvalue weighted by Gasteiger charge is -2.38. The second kappa shape index (κ2) is 10.0. The predicted octanol–water partition coefficient (Wildman–Crippen LogP) is 3.29. The second-order valence-corrected chi connectivity index (χ2v) is 8.46. The van der Waals surface area contributed by atoms with Gasteiger partial charge in [-0.25, -0.2) is 4.79 Å². The Morgan fingerprint density at radius 1 is 1.13 bits per heavy atom. The fourth-order valence-corrected chi connectivity index (χ4v) is 4.43. The number of carboxylic acids is 1. The maximum atomic E-state index is 12.8. The summed E-state index contributed by atoms with van der Waals surface area (Å²) >= 11 is 0. The number of halogens is 3. The number of carbonyl (C=O) groups is 2. The van der Waals surface area contributed by atoms with Crippen LogP contribution in [-0.2, 0) is 20.9 Å². The highest BCUT2D eigenvalue weighted by Gasteiger charge is 2.43. The van der Waals surface area contributed by atoms with Crippen molar-refractivity contribution in [1.29, 1.82) is 0 Å². The Bertz CT molecular complexity index is 732. The number of piperidine rings is 1. The van der Waals surface area contributed by atoms with Crippen molar-refractivity contribution in [2.75, 3.05) is 19.6 Å². The van der Waals surface area contributed by atoms with Crippen LogP contribution in [0.5, 0.6) is 0 Å². The zero-order valence-corrected chi connectivity index (χ0v) is 17.5. The number of alkyl halides is 3. The van der Waals surface area contributed by atoms with Crippen LogP contribution in [0.15, 0.2) is 22.8 Å². The lowest BCUT2D eigenvalue weighted by Crippen LogP contribution is -2.50. The number of carbonyl (C=O) groups excluding carboxylic acids is 1. The molecular weight excluding hydrogens is 417 g/mol. The van der Waals surface area contributed by atoms with Crippen LogP contribution in [0.25, 0.3) is 0 Å². The number of fused-ring (bicyclic) bond motifs is 1. The van der Waals surface area contributed by atoms with Crippen LogP contribution >= 0.6 is 0 Å². The summed E-state index contributed by atoms with van der Waals surface area (Å²) in [5.74, 6) is -0.774. The van der Waals surface area contributed by atoms with Crippen molar-refractivity contribution in [2.45, 2.75) is 70.0 Å². The Labute approximate surface area is 179 Å². The van der Waals surface area contributed by atoms with Gasteiger partial charge in [0.15, 0.2) is 0 Å².